The topological polar surface area (TPSA) is 171 Å². The number of thioether (sulfide) groups is 1. The molecule has 31 heavy (non-hydrogen) atoms. The van der Waals surface area contributed by atoms with Crippen molar-refractivity contribution in [3.05, 3.63) is 18.2 Å². The summed E-state index contributed by atoms with van der Waals surface area (Å²) in [7, 11) is 0. The van der Waals surface area contributed by atoms with Gasteiger partial charge in [0.25, 0.3) is 0 Å². The van der Waals surface area contributed by atoms with Crippen LogP contribution in [-0.4, -0.2) is 86.4 Å². The van der Waals surface area contributed by atoms with Crippen LogP contribution in [-0.2, 0) is 25.6 Å². The first kappa shape index (κ1) is 24.7. The Balaban J connectivity index is 1.92. The Labute approximate surface area is 184 Å². The molecule has 3 amide bonds. The average molecular weight is 455 g/mol. The highest BCUT2D eigenvalue weighted by Gasteiger charge is 2.37. The average Bonchev–Trinajstić information content (AvgIpc) is 3.41. The second-order valence-corrected chi connectivity index (χ2v) is 8.47. The number of carboxylic acid groups (broad SMARTS) is 1. The number of nitrogens with two attached hydrogens (primary N) is 1. The number of carbonyl (C=O) groups excluding carboxylic acids is 3. The van der Waals surface area contributed by atoms with E-state index in [2.05, 4.69) is 20.6 Å². The molecule has 1 fully saturated rings. The van der Waals surface area contributed by atoms with E-state index < -0.39 is 42.0 Å². The number of carbonyl (C=O) groups is 4. The third kappa shape index (κ3) is 6.96. The maximum atomic E-state index is 12.8. The van der Waals surface area contributed by atoms with Crippen molar-refractivity contribution >= 4 is 35.5 Å². The van der Waals surface area contributed by atoms with Gasteiger partial charge in [0.05, 0.1) is 12.4 Å². The molecule has 1 aromatic rings. The molecule has 4 atom stereocenters. The molecule has 4 unspecified atom stereocenters. The largest absolute Gasteiger partial charge is 0.480 e. The van der Waals surface area contributed by atoms with Crippen LogP contribution in [0.25, 0.3) is 0 Å². The summed E-state index contributed by atoms with van der Waals surface area (Å²) in [5.41, 5.74) is 6.75. The van der Waals surface area contributed by atoms with Crippen LogP contribution >= 0.6 is 11.8 Å². The normalized spacial score (nSPS) is 18.8. The molecule has 1 aliphatic rings. The number of H-pyrrole nitrogens is 1. The Hall–Kier alpha value is -2.60. The quantitative estimate of drug-likeness (QED) is 0.286. The minimum atomic E-state index is -1.13. The Morgan fingerprint density at radius 3 is 2.74 bits per heavy atom. The first-order valence-electron chi connectivity index (χ1n) is 10.1. The minimum absolute atomic E-state index is 0.273. The molecule has 1 saturated heterocycles. The molecular formula is C19H30N6O5S. The lowest BCUT2D eigenvalue weighted by Crippen LogP contribution is -2.56. The Bertz CT molecular complexity index is 774. The zero-order chi connectivity index (χ0) is 23.0. The number of imidazole rings is 1. The molecule has 0 saturated carbocycles. The number of hydrogen-bond acceptors (Lipinski definition) is 7. The summed E-state index contributed by atoms with van der Waals surface area (Å²) in [6.07, 6.45) is 6.60. The number of nitrogens with zero attached hydrogens (tertiary/aromatic N) is 2. The maximum Gasteiger partial charge on any atom is 0.326 e. The van der Waals surface area contributed by atoms with Crippen LogP contribution in [0.3, 0.4) is 0 Å². The Morgan fingerprint density at radius 1 is 1.39 bits per heavy atom. The van der Waals surface area contributed by atoms with Crippen molar-refractivity contribution < 1.29 is 24.3 Å². The first-order chi connectivity index (χ1) is 14.7. The third-order valence-corrected chi connectivity index (χ3v) is 5.77. The van der Waals surface area contributed by atoms with E-state index >= 15 is 0 Å². The number of aromatic amines is 1. The molecule has 1 aromatic heterocycles. The van der Waals surface area contributed by atoms with E-state index in [1.165, 1.54) is 29.9 Å². The van der Waals surface area contributed by atoms with Gasteiger partial charge in [0.1, 0.15) is 18.1 Å². The minimum Gasteiger partial charge on any atom is -0.480 e. The number of nitrogens with one attached hydrogen (secondary N) is 3. The van der Waals surface area contributed by atoms with Crippen LogP contribution in [0.15, 0.2) is 12.5 Å². The standard InChI is InChI=1S/C19H30N6O5S/c1-11(16(26)24-14(19(29)30)5-7-31-2)23-17(27)15-4-3-6-25(15)18(28)13(20)8-12-9-21-10-22-12/h9-11,13-15H,3-8,20H2,1-2H3,(H,21,22)(H,23,27)(H,24,26)(H,29,30). The van der Waals surface area contributed by atoms with Crippen LogP contribution in [0.5, 0.6) is 0 Å². The van der Waals surface area contributed by atoms with Crippen molar-refractivity contribution in [2.24, 2.45) is 5.73 Å². The molecule has 0 spiro atoms. The zero-order valence-electron chi connectivity index (χ0n) is 17.7. The molecule has 0 aromatic carbocycles. The van der Waals surface area contributed by atoms with Crippen molar-refractivity contribution in [1.29, 1.82) is 0 Å². The number of aromatic nitrogens is 2. The molecule has 12 heteroatoms. The summed E-state index contributed by atoms with van der Waals surface area (Å²) >= 11 is 1.48. The molecule has 0 bridgehead atoms. The lowest BCUT2D eigenvalue weighted by atomic mass is 10.1. The summed E-state index contributed by atoms with van der Waals surface area (Å²) in [5.74, 6) is -1.94. The van der Waals surface area contributed by atoms with Gasteiger partial charge in [-0.3, -0.25) is 14.4 Å². The van der Waals surface area contributed by atoms with Crippen molar-refractivity contribution in [2.45, 2.75) is 56.8 Å². The maximum absolute atomic E-state index is 12.8. The lowest BCUT2D eigenvalue weighted by Gasteiger charge is -2.27. The smallest absolute Gasteiger partial charge is 0.326 e. The zero-order valence-corrected chi connectivity index (χ0v) is 18.5. The number of likely N-dealkylation sites (tertiary alicyclic amines) is 1. The number of aliphatic carboxylic acids is 1. The Kier molecular flexibility index (Phi) is 9.31. The highest BCUT2D eigenvalue weighted by atomic mass is 32.2. The van der Waals surface area contributed by atoms with Crippen LogP contribution in [0.2, 0.25) is 0 Å². The van der Waals surface area contributed by atoms with Crippen molar-refractivity contribution in [3.63, 3.8) is 0 Å². The Morgan fingerprint density at radius 2 is 2.13 bits per heavy atom. The third-order valence-electron chi connectivity index (χ3n) is 5.13. The highest BCUT2D eigenvalue weighted by Crippen LogP contribution is 2.19. The van der Waals surface area contributed by atoms with Gasteiger partial charge >= 0.3 is 5.97 Å². The summed E-state index contributed by atoms with van der Waals surface area (Å²) in [4.78, 5) is 57.4. The second-order valence-electron chi connectivity index (χ2n) is 7.49. The molecule has 0 aliphatic carbocycles. The first-order valence-corrected chi connectivity index (χ1v) is 11.5. The number of hydrogen-bond donors (Lipinski definition) is 5. The van der Waals surface area contributed by atoms with Gasteiger partial charge in [-0.2, -0.15) is 11.8 Å². The van der Waals surface area contributed by atoms with Gasteiger partial charge in [0.15, 0.2) is 0 Å². The second kappa shape index (κ2) is 11.7. The van der Waals surface area contributed by atoms with E-state index in [1.54, 1.807) is 6.20 Å². The monoisotopic (exact) mass is 454 g/mol. The molecule has 11 nitrogen and oxygen atoms in total. The van der Waals surface area contributed by atoms with Gasteiger partial charge in [-0.1, -0.05) is 0 Å². The van der Waals surface area contributed by atoms with Crippen molar-refractivity contribution in [1.82, 2.24) is 25.5 Å². The van der Waals surface area contributed by atoms with Gasteiger partial charge in [-0.25, -0.2) is 9.78 Å². The molecule has 0 radical (unpaired) electrons. The van der Waals surface area contributed by atoms with Gasteiger partial charge in [0.2, 0.25) is 17.7 Å². The SMILES string of the molecule is CSCCC(NC(=O)C(C)NC(=O)C1CCCN1C(=O)C(N)Cc1cnc[nH]1)C(=O)O. The van der Waals surface area contributed by atoms with Crippen LogP contribution in [0.1, 0.15) is 31.9 Å². The predicted molar refractivity (Wildman–Crippen MR) is 115 cm³/mol. The van der Waals surface area contributed by atoms with Crippen molar-refractivity contribution in [2.75, 3.05) is 18.6 Å². The van der Waals surface area contributed by atoms with Gasteiger partial charge in [-0.05, 0) is 38.2 Å². The van der Waals surface area contributed by atoms with E-state index in [1.807, 2.05) is 6.26 Å². The molecule has 2 heterocycles. The van der Waals surface area contributed by atoms with E-state index in [-0.39, 0.29) is 18.7 Å². The van der Waals surface area contributed by atoms with Gasteiger partial charge in [-0.15, -0.1) is 0 Å². The molecular weight excluding hydrogens is 424 g/mol. The molecule has 1 aliphatic heterocycles. The molecule has 6 N–H and O–H groups in total. The van der Waals surface area contributed by atoms with Crippen LogP contribution in [0, 0.1) is 0 Å². The molecule has 172 valence electrons. The van der Waals surface area contributed by atoms with E-state index in [0.29, 0.717) is 25.1 Å². The van der Waals surface area contributed by atoms with E-state index in [4.69, 9.17) is 5.73 Å². The summed E-state index contributed by atoms with van der Waals surface area (Å²) in [5, 5.41) is 14.3. The fraction of sp³-hybridized carbons (Fsp3) is 0.632. The van der Waals surface area contributed by atoms with Crippen LogP contribution in [0.4, 0.5) is 0 Å². The lowest BCUT2D eigenvalue weighted by molar-refractivity contribution is -0.143. The van der Waals surface area contributed by atoms with Crippen LogP contribution < -0.4 is 16.4 Å². The summed E-state index contributed by atoms with van der Waals surface area (Å²) in [6, 6.07) is -3.51. The number of carboxylic acids is 1. The van der Waals surface area contributed by atoms with Gasteiger partial charge < -0.3 is 31.4 Å². The van der Waals surface area contributed by atoms with Crippen molar-refractivity contribution in [3.8, 4) is 0 Å². The fourth-order valence-corrected chi connectivity index (χ4v) is 3.87. The fourth-order valence-electron chi connectivity index (χ4n) is 3.40. The predicted octanol–water partition coefficient (Wildman–Crippen LogP) is -0.902. The number of amides is 3. The summed E-state index contributed by atoms with van der Waals surface area (Å²) < 4.78 is 0. The molecule has 2 rings (SSSR count). The summed E-state index contributed by atoms with van der Waals surface area (Å²) in [6.45, 7) is 1.88. The van der Waals surface area contributed by atoms with E-state index in [0.717, 1.165) is 5.69 Å². The highest BCUT2D eigenvalue weighted by molar-refractivity contribution is 7.98. The van der Waals surface area contributed by atoms with E-state index in [9.17, 15) is 24.3 Å². The van der Waals surface area contributed by atoms with Gasteiger partial charge in [0, 0.05) is 24.9 Å². The number of rotatable bonds is 11.